The Morgan fingerprint density at radius 2 is 1.61 bits per heavy atom. The smallest absolute Gasteiger partial charge is 0.444 e. The highest BCUT2D eigenvalue weighted by molar-refractivity contribution is 5.97. The molecule has 28 heavy (non-hydrogen) atoms. The Labute approximate surface area is 161 Å². The zero-order valence-electron chi connectivity index (χ0n) is 16.1. The number of hydrogen-bond donors (Lipinski definition) is 0. The summed E-state index contributed by atoms with van der Waals surface area (Å²) in [4.78, 5) is 33.7. The molecule has 0 aliphatic carbocycles. The molecule has 3 rings (SSSR count). The molecule has 6 nitrogen and oxygen atoms in total. The van der Waals surface area contributed by atoms with Gasteiger partial charge in [-0.2, -0.15) is 13.2 Å². The number of hydrogen-bond acceptors (Lipinski definition) is 5. The monoisotopic (exact) mass is 399 g/mol. The zero-order chi connectivity index (χ0) is 20.7. The van der Waals surface area contributed by atoms with E-state index in [-0.39, 0.29) is 35.4 Å². The Balaban J connectivity index is 1.73. The van der Waals surface area contributed by atoms with Crippen LogP contribution in [0.2, 0.25) is 0 Å². The minimum atomic E-state index is -4.64. The largest absolute Gasteiger partial charge is 0.451 e. The van der Waals surface area contributed by atoms with E-state index in [0.717, 1.165) is 31.7 Å². The number of carbonyl (C=O) groups excluding carboxylic acids is 2. The summed E-state index contributed by atoms with van der Waals surface area (Å²) in [6.07, 6.45) is 0.335. The number of ether oxygens (including phenoxy) is 1. The van der Waals surface area contributed by atoms with Gasteiger partial charge in [-0.05, 0) is 52.9 Å². The third-order valence-electron chi connectivity index (χ3n) is 5.14. The van der Waals surface area contributed by atoms with Crippen LogP contribution in [0, 0.1) is 5.92 Å². The van der Waals surface area contributed by atoms with Gasteiger partial charge in [0.1, 0.15) is 5.60 Å². The zero-order valence-corrected chi connectivity index (χ0v) is 16.1. The minimum absolute atomic E-state index is 0.0711. The number of halogens is 3. The molecular weight excluding hydrogens is 375 g/mol. The van der Waals surface area contributed by atoms with E-state index in [0.29, 0.717) is 12.8 Å². The number of nitrogens with zero attached hydrogens (tertiary/aromatic N) is 3. The molecule has 0 N–H and O–H groups in total. The lowest BCUT2D eigenvalue weighted by molar-refractivity contribution is -0.145. The molecular formula is C19H24F3N3O3. The lowest BCUT2D eigenvalue weighted by Gasteiger charge is -2.48. The molecule has 154 valence electrons. The van der Waals surface area contributed by atoms with Crippen molar-refractivity contribution in [3.63, 3.8) is 0 Å². The highest BCUT2D eigenvalue weighted by Gasteiger charge is 2.44. The highest BCUT2D eigenvalue weighted by Crippen LogP contribution is 2.39. The van der Waals surface area contributed by atoms with Gasteiger partial charge >= 0.3 is 12.3 Å². The molecule has 0 spiro atoms. The number of alkyl halides is 3. The van der Waals surface area contributed by atoms with Crippen LogP contribution < -0.4 is 0 Å². The van der Waals surface area contributed by atoms with E-state index in [4.69, 9.17) is 4.74 Å². The summed E-state index contributed by atoms with van der Waals surface area (Å²) >= 11 is 0. The number of carbonyl (C=O) groups is 2. The maximum Gasteiger partial charge on any atom is 0.451 e. The molecule has 2 aliphatic rings. The van der Waals surface area contributed by atoms with Gasteiger partial charge in [-0.3, -0.25) is 4.79 Å². The van der Waals surface area contributed by atoms with E-state index in [1.54, 1.807) is 4.90 Å². The third-order valence-corrected chi connectivity index (χ3v) is 5.14. The summed E-state index contributed by atoms with van der Waals surface area (Å²) in [7, 11) is 0. The van der Waals surface area contributed by atoms with Crippen molar-refractivity contribution in [2.24, 2.45) is 5.92 Å². The van der Waals surface area contributed by atoms with Crippen LogP contribution >= 0.6 is 0 Å². The quantitative estimate of drug-likeness (QED) is 0.696. The third kappa shape index (κ3) is 4.44. The number of Topliss-reactive ketones (excluding diaryl/α,β-unsaturated/α-hetero) is 1. The lowest BCUT2D eigenvalue weighted by atomic mass is 9.76. The van der Waals surface area contributed by atoms with E-state index in [2.05, 4.69) is 9.97 Å². The summed E-state index contributed by atoms with van der Waals surface area (Å²) in [6.45, 7) is 5.42. The molecule has 3 heterocycles. The van der Waals surface area contributed by atoms with E-state index in [9.17, 15) is 22.8 Å². The fourth-order valence-electron chi connectivity index (χ4n) is 4.05. The van der Waals surface area contributed by atoms with Crippen molar-refractivity contribution in [1.82, 2.24) is 14.9 Å². The molecule has 1 aromatic heterocycles. The molecule has 1 aromatic rings. The van der Waals surface area contributed by atoms with Crippen LogP contribution in [0.3, 0.4) is 0 Å². The maximum absolute atomic E-state index is 12.8. The Kier molecular flexibility index (Phi) is 5.38. The predicted octanol–water partition coefficient (Wildman–Crippen LogP) is 4.25. The molecule has 2 unspecified atom stereocenters. The second kappa shape index (κ2) is 7.33. The second-order valence-corrected chi connectivity index (χ2v) is 8.45. The van der Waals surface area contributed by atoms with Crippen LogP contribution in [0.25, 0.3) is 0 Å². The molecule has 2 fully saturated rings. The highest BCUT2D eigenvalue weighted by atomic mass is 19.4. The summed E-state index contributed by atoms with van der Waals surface area (Å²) in [5.41, 5.74) is -0.530. The minimum Gasteiger partial charge on any atom is -0.444 e. The van der Waals surface area contributed by atoms with Crippen molar-refractivity contribution in [2.45, 2.75) is 76.7 Å². The van der Waals surface area contributed by atoms with E-state index in [1.807, 2.05) is 20.8 Å². The fourth-order valence-corrected chi connectivity index (χ4v) is 4.05. The van der Waals surface area contributed by atoms with E-state index >= 15 is 0 Å². The van der Waals surface area contributed by atoms with E-state index in [1.165, 1.54) is 0 Å². The van der Waals surface area contributed by atoms with Gasteiger partial charge in [-0.25, -0.2) is 14.8 Å². The summed E-state index contributed by atoms with van der Waals surface area (Å²) in [6, 6.07) is -0.210. The number of amides is 1. The van der Waals surface area contributed by atoms with Gasteiger partial charge in [0.05, 0.1) is 5.56 Å². The molecule has 2 aliphatic heterocycles. The van der Waals surface area contributed by atoms with Crippen LogP contribution in [-0.4, -0.2) is 44.4 Å². The fraction of sp³-hybridized carbons (Fsp3) is 0.684. The topological polar surface area (TPSA) is 72.4 Å². The molecule has 2 saturated heterocycles. The predicted molar refractivity (Wildman–Crippen MR) is 93.6 cm³/mol. The molecule has 2 atom stereocenters. The summed E-state index contributed by atoms with van der Waals surface area (Å²) < 4.78 is 43.3. The van der Waals surface area contributed by atoms with Crippen molar-refractivity contribution in [1.29, 1.82) is 0 Å². The van der Waals surface area contributed by atoms with Crippen LogP contribution in [-0.2, 0) is 10.9 Å². The van der Waals surface area contributed by atoms with Crippen molar-refractivity contribution in [3.05, 3.63) is 23.8 Å². The maximum atomic E-state index is 12.8. The Morgan fingerprint density at radius 3 is 2.07 bits per heavy atom. The first-order valence-electron chi connectivity index (χ1n) is 9.40. The van der Waals surface area contributed by atoms with Crippen LogP contribution in [0.15, 0.2) is 12.4 Å². The Bertz CT molecular complexity index is 730. The molecule has 1 amide bonds. The van der Waals surface area contributed by atoms with Crippen LogP contribution in [0.1, 0.15) is 69.1 Å². The summed E-state index contributed by atoms with van der Waals surface area (Å²) in [5.74, 6) is -1.90. The molecule has 0 aromatic carbocycles. The molecule has 9 heteroatoms. The normalized spacial score (nSPS) is 25.4. The second-order valence-electron chi connectivity index (χ2n) is 8.45. The molecule has 0 saturated carbocycles. The van der Waals surface area contributed by atoms with Crippen molar-refractivity contribution < 1.29 is 27.5 Å². The van der Waals surface area contributed by atoms with Gasteiger partial charge in [0.25, 0.3) is 0 Å². The van der Waals surface area contributed by atoms with Gasteiger partial charge in [0, 0.05) is 30.4 Å². The lowest BCUT2D eigenvalue weighted by Crippen LogP contribution is -2.56. The number of fused-ring (bicyclic) bond motifs is 2. The van der Waals surface area contributed by atoms with E-state index < -0.39 is 17.6 Å². The van der Waals surface area contributed by atoms with Crippen LogP contribution in [0.4, 0.5) is 18.0 Å². The first-order chi connectivity index (χ1) is 13.0. The van der Waals surface area contributed by atoms with Gasteiger partial charge in [-0.1, -0.05) is 0 Å². The van der Waals surface area contributed by atoms with Gasteiger partial charge < -0.3 is 9.64 Å². The van der Waals surface area contributed by atoms with Crippen molar-refractivity contribution >= 4 is 11.9 Å². The average Bonchev–Trinajstić information content (AvgIpc) is 2.57. The SMILES string of the molecule is CC(C)(C)OC(=O)N1C2CCCC1CC(C(=O)c1cnc(C(F)(F)F)nc1)C2. The standard InChI is InChI=1S/C19H24F3N3O3/c1-18(2,3)28-17(27)25-13-5-4-6-14(25)8-11(7-13)15(26)12-9-23-16(24-10-12)19(20,21)22/h9-11,13-14H,4-8H2,1-3H3. The summed E-state index contributed by atoms with van der Waals surface area (Å²) in [5, 5.41) is 0. The first-order valence-corrected chi connectivity index (χ1v) is 9.40. The average molecular weight is 399 g/mol. The number of rotatable bonds is 2. The Hall–Kier alpha value is -2.19. The van der Waals surface area contributed by atoms with Crippen molar-refractivity contribution in [2.75, 3.05) is 0 Å². The molecule has 2 bridgehead atoms. The number of piperidine rings is 2. The van der Waals surface area contributed by atoms with Crippen molar-refractivity contribution in [3.8, 4) is 0 Å². The van der Waals surface area contributed by atoms with Gasteiger partial charge in [0.2, 0.25) is 5.82 Å². The van der Waals surface area contributed by atoms with Gasteiger partial charge in [-0.15, -0.1) is 0 Å². The van der Waals surface area contributed by atoms with Crippen LogP contribution in [0.5, 0.6) is 0 Å². The first kappa shape index (κ1) is 20.5. The Morgan fingerprint density at radius 1 is 1.07 bits per heavy atom. The van der Waals surface area contributed by atoms with Gasteiger partial charge in [0.15, 0.2) is 5.78 Å². The molecule has 0 radical (unpaired) electrons. The number of ketones is 1. The number of aromatic nitrogens is 2.